The number of benzene rings is 1. The van der Waals surface area contributed by atoms with Crippen molar-refractivity contribution in [3.8, 4) is 6.07 Å². The second kappa shape index (κ2) is 5.41. The molecule has 2 aliphatic carbocycles. The van der Waals surface area contributed by atoms with Gasteiger partial charge in [-0.05, 0) is 85.8 Å². The van der Waals surface area contributed by atoms with Crippen LogP contribution in [0, 0.1) is 11.3 Å². The number of thiocarbonyl (C=S) groups is 1. The van der Waals surface area contributed by atoms with E-state index >= 15 is 0 Å². The van der Waals surface area contributed by atoms with Crippen LogP contribution in [0.4, 0.5) is 5.69 Å². The molecule has 0 fully saturated rings. The summed E-state index contributed by atoms with van der Waals surface area (Å²) in [4.78, 5) is 0. The lowest BCUT2D eigenvalue weighted by atomic mass is 9.77. The molecule has 4 heteroatoms. The summed E-state index contributed by atoms with van der Waals surface area (Å²) in [5.41, 5.74) is 12.8. The molecule has 1 aromatic carbocycles. The van der Waals surface area contributed by atoms with Crippen molar-refractivity contribution in [1.29, 1.82) is 5.26 Å². The number of nitriles is 1. The molecule has 0 unspecified atom stereocenters. The average Bonchev–Trinajstić information content (AvgIpc) is 2.47. The second-order valence-corrected chi connectivity index (χ2v) is 6.12. The van der Waals surface area contributed by atoms with Gasteiger partial charge in [0.25, 0.3) is 0 Å². The smallest absolute Gasteiger partial charge is 0.168 e. The number of hydrogen-bond acceptors (Lipinski definition) is 2. The van der Waals surface area contributed by atoms with E-state index < -0.39 is 0 Å². The van der Waals surface area contributed by atoms with Gasteiger partial charge >= 0.3 is 0 Å². The Bertz CT molecular complexity index is 613. The highest BCUT2D eigenvalue weighted by atomic mass is 32.1. The van der Waals surface area contributed by atoms with Crippen LogP contribution in [0.15, 0.2) is 0 Å². The van der Waals surface area contributed by atoms with Gasteiger partial charge in [0.05, 0.1) is 11.3 Å². The lowest BCUT2D eigenvalue weighted by Gasteiger charge is -2.29. The van der Waals surface area contributed by atoms with Crippen molar-refractivity contribution in [3.63, 3.8) is 0 Å². The van der Waals surface area contributed by atoms with Crippen molar-refractivity contribution in [2.24, 2.45) is 5.73 Å². The number of hydrogen-bond donors (Lipinski definition) is 2. The van der Waals surface area contributed by atoms with Gasteiger partial charge in [-0.2, -0.15) is 5.26 Å². The molecule has 0 heterocycles. The number of nitrogens with zero attached hydrogens (tertiary/aromatic N) is 1. The van der Waals surface area contributed by atoms with Gasteiger partial charge in [0.2, 0.25) is 0 Å². The molecule has 2 aliphatic rings. The average molecular weight is 285 g/mol. The van der Waals surface area contributed by atoms with Crippen LogP contribution in [0.25, 0.3) is 0 Å². The van der Waals surface area contributed by atoms with E-state index in [-0.39, 0.29) is 5.11 Å². The van der Waals surface area contributed by atoms with Gasteiger partial charge in [-0.1, -0.05) is 0 Å². The van der Waals surface area contributed by atoms with Crippen molar-refractivity contribution >= 4 is 23.0 Å². The second-order valence-electron chi connectivity index (χ2n) is 5.68. The quantitative estimate of drug-likeness (QED) is 0.779. The molecule has 0 spiro atoms. The fourth-order valence-electron chi connectivity index (χ4n) is 3.71. The largest absolute Gasteiger partial charge is 0.376 e. The minimum absolute atomic E-state index is 0.255. The van der Waals surface area contributed by atoms with E-state index in [9.17, 15) is 5.26 Å². The van der Waals surface area contributed by atoms with Crippen molar-refractivity contribution in [3.05, 3.63) is 27.8 Å². The molecule has 104 valence electrons. The van der Waals surface area contributed by atoms with E-state index in [1.807, 2.05) is 0 Å². The normalized spacial score (nSPS) is 16.8. The molecule has 0 aliphatic heterocycles. The molecular formula is C16H19N3S. The lowest BCUT2D eigenvalue weighted by Crippen LogP contribution is -2.24. The number of nitrogens with two attached hydrogens (primary N) is 1. The van der Waals surface area contributed by atoms with Crippen LogP contribution >= 0.6 is 12.2 Å². The van der Waals surface area contributed by atoms with E-state index in [2.05, 4.69) is 11.4 Å². The van der Waals surface area contributed by atoms with Crippen LogP contribution in [-0.4, -0.2) is 5.11 Å². The molecule has 0 radical (unpaired) electrons. The van der Waals surface area contributed by atoms with E-state index in [0.29, 0.717) is 0 Å². The maximum atomic E-state index is 9.61. The standard InChI is InChI=1S/C16H19N3S/c17-9-14-12-7-2-1-5-10(12)11-6-3-4-8-13(11)15(14)19-16(18)20/h1-8H2,(H3,18,19,20). The number of rotatable bonds is 1. The first-order valence-corrected chi connectivity index (χ1v) is 7.79. The van der Waals surface area contributed by atoms with Gasteiger partial charge < -0.3 is 11.1 Å². The van der Waals surface area contributed by atoms with Gasteiger partial charge in [-0.25, -0.2) is 0 Å². The molecule has 1 aromatic rings. The third kappa shape index (κ3) is 2.16. The highest BCUT2D eigenvalue weighted by molar-refractivity contribution is 7.80. The third-order valence-corrected chi connectivity index (χ3v) is 4.62. The highest BCUT2D eigenvalue weighted by Gasteiger charge is 2.26. The fraction of sp³-hybridized carbons (Fsp3) is 0.500. The van der Waals surface area contributed by atoms with Crippen LogP contribution in [0.3, 0.4) is 0 Å². The SMILES string of the molecule is N#Cc1c2c(c3c(c1NC(N)=S)CCCC3)CCCC2. The van der Waals surface area contributed by atoms with Crippen molar-refractivity contribution < 1.29 is 0 Å². The summed E-state index contributed by atoms with van der Waals surface area (Å²) >= 11 is 5.00. The molecule has 3 nitrogen and oxygen atoms in total. The molecule has 0 bridgehead atoms. The molecule has 0 amide bonds. The van der Waals surface area contributed by atoms with Crippen LogP contribution in [0.2, 0.25) is 0 Å². The molecular weight excluding hydrogens is 266 g/mol. The summed E-state index contributed by atoms with van der Waals surface area (Å²) < 4.78 is 0. The monoisotopic (exact) mass is 285 g/mol. The summed E-state index contributed by atoms with van der Waals surface area (Å²) in [6.07, 6.45) is 9.15. The zero-order valence-corrected chi connectivity index (χ0v) is 12.4. The summed E-state index contributed by atoms with van der Waals surface area (Å²) in [5, 5.41) is 13.0. The minimum Gasteiger partial charge on any atom is -0.376 e. The number of fused-ring (bicyclic) bond motifs is 3. The first-order valence-electron chi connectivity index (χ1n) is 7.38. The Hall–Kier alpha value is -1.60. The molecule has 3 N–H and O–H groups in total. The Morgan fingerprint density at radius 2 is 1.45 bits per heavy atom. The minimum atomic E-state index is 0.255. The first-order chi connectivity index (χ1) is 9.72. The molecule has 0 saturated carbocycles. The van der Waals surface area contributed by atoms with Crippen LogP contribution in [0.5, 0.6) is 0 Å². The summed E-state index contributed by atoms with van der Waals surface area (Å²) in [5.74, 6) is 0. The maximum Gasteiger partial charge on any atom is 0.168 e. The van der Waals surface area contributed by atoms with Gasteiger partial charge in [-0.3, -0.25) is 0 Å². The van der Waals surface area contributed by atoms with Crippen LogP contribution in [-0.2, 0) is 25.7 Å². The predicted octanol–water partition coefficient (Wildman–Crippen LogP) is 2.97. The van der Waals surface area contributed by atoms with Crippen molar-refractivity contribution in [2.45, 2.75) is 51.4 Å². The summed E-state index contributed by atoms with van der Waals surface area (Å²) in [7, 11) is 0. The van der Waals surface area contributed by atoms with E-state index in [4.69, 9.17) is 18.0 Å². The molecule has 3 rings (SSSR count). The Morgan fingerprint density at radius 1 is 0.950 bits per heavy atom. The first kappa shape index (κ1) is 13.4. The van der Waals surface area contributed by atoms with E-state index in [1.165, 1.54) is 47.9 Å². The molecule has 20 heavy (non-hydrogen) atoms. The zero-order valence-electron chi connectivity index (χ0n) is 11.6. The maximum absolute atomic E-state index is 9.61. The third-order valence-electron chi connectivity index (χ3n) is 4.51. The van der Waals surface area contributed by atoms with Gasteiger partial charge in [0.15, 0.2) is 5.11 Å². The Morgan fingerprint density at radius 3 is 2.00 bits per heavy atom. The molecule has 0 aromatic heterocycles. The Labute approximate surface area is 125 Å². The Balaban J connectivity index is 2.27. The molecule has 0 saturated heterocycles. The van der Waals surface area contributed by atoms with Crippen molar-refractivity contribution in [1.82, 2.24) is 0 Å². The molecule has 0 atom stereocenters. The van der Waals surface area contributed by atoms with Gasteiger partial charge in [-0.15, -0.1) is 0 Å². The highest BCUT2D eigenvalue weighted by Crippen LogP contribution is 2.39. The number of nitrogens with one attached hydrogen (secondary N) is 1. The van der Waals surface area contributed by atoms with Crippen LogP contribution in [0.1, 0.15) is 53.5 Å². The fourth-order valence-corrected chi connectivity index (χ4v) is 3.82. The topological polar surface area (TPSA) is 61.8 Å². The van der Waals surface area contributed by atoms with E-state index in [0.717, 1.165) is 36.9 Å². The summed E-state index contributed by atoms with van der Waals surface area (Å²) in [6, 6.07) is 2.40. The zero-order chi connectivity index (χ0) is 14.1. The van der Waals surface area contributed by atoms with Gasteiger partial charge in [0, 0.05) is 0 Å². The van der Waals surface area contributed by atoms with Crippen molar-refractivity contribution in [2.75, 3.05) is 5.32 Å². The number of anilines is 1. The Kier molecular flexibility index (Phi) is 3.62. The van der Waals surface area contributed by atoms with Gasteiger partial charge in [0.1, 0.15) is 6.07 Å². The lowest BCUT2D eigenvalue weighted by molar-refractivity contribution is 0.640. The van der Waals surface area contributed by atoms with E-state index in [1.54, 1.807) is 0 Å². The predicted molar refractivity (Wildman–Crippen MR) is 84.8 cm³/mol. The summed E-state index contributed by atoms with van der Waals surface area (Å²) in [6.45, 7) is 0. The van der Waals surface area contributed by atoms with Crippen LogP contribution < -0.4 is 11.1 Å².